The summed E-state index contributed by atoms with van der Waals surface area (Å²) in [4.78, 5) is 13.8. The van der Waals surface area contributed by atoms with Crippen molar-refractivity contribution >= 4 is 24.2 Å². The summed E-state index contributed by atoms with van der Waals surface area (Å²) < 4.78 is 12.1. The SMILES string of the molecule is CCN1C(=O)Cc2cc(B3OC(C)(C)C(C)(C)O3)ccc21. The number of likely N-dealkylation sites (N-methyl/N-ethyl adjacent to an activating group) is 1. The van der Waals surface area contributed by atoms with E-state index < -0.39 is 0 Å². The summed E-state index contributed by atoms with van der Waals surface area (Å²) in [6, 6.07) is 6.05. The Morgan fingerprint density at radius 2 is 1.81 bits per heavy atom. The van der Waals surface area contributed by atoms with E-state index in [9.17, 15) is 4.79 Å². The van der Waals surface area contributed by atoms with Gasteiger partial charge in [0, 0.05) is 12.2 Å². The number of nitrogens with zero attached hydrogens (tertiary/aromatic N) is 1. The molecule has 1 saturated heterocycles. The molecule has 0 aromatic heterocycles. The standard InChI is InChI=1S/C16H22BNO3/c1-6-18-13-8-7-12(9-11(13)10-14(18)19)17-20-15(2,3)16(4,5)21-17/h7-9H,6,10H2,1-5H3. The molecule has 5 heteroatoms. The topological polar surface area (TPSA) is 38.8 Å². The minimum Gasteiger partial charge on any atom is -0.399 e. The normalized spacial score (nSPS) is 22.8. The molecule has 0 aliphatic carbocycles. The van der Waals surface area contributed by atoms with Gasteiger partial charge < -0.3 is 14.2 Å². The summed E-state index contributed by atoms with van der Waals surface area (Å²) in [6.45, 7) is 10.9. The molecule has 1 aromatic rings. The van der Waals surface area contributed by atoms with E-state index in [2.05, 4.69) is 0 Å². The summed E-state index contributed by atoms with van der Waals surface area (Å²) in [5, 5.41) is 0. The van der Waals surface area contributed by atoms with Crippen molar-refractivity contribution in [3.8, 4) is 0 Å². The second kappa shape index (κ2) is 4.58. The molecule has 0 bridgehead atoms. The molecule has 0 saturated carbocycles. The first-order valence-electron chi connectivity index (χ1n) is 7.54. The van der Waals surface area contributed by atoms with Crippen LogP contribution >= 0.6 is 0 Å². The van der Waals surface area contributed by atoms with Crippen molar-refractivity contribution in [1.82, 2.24) is 0 Å². The summed E-state index contributed by atoms with van der Waals surface area (Å²) in [5.41, 5.74) is 2.37. The highest BCUT2D eigenvalue weighted by Crippen LogP contribution is 2.37. The van der Waals surface area contributed by atoms with Crippen LogP contribution in [-0.2, 0) is 20.5 Å². The average molecular weight is 287 g/mol. The zero-order chi connectivity index (χ0) is 15.4. The maximum Gasteiger partial charge on any atom is 0.494 e. The Kier molecular flexibility index (Phi) is 3.19. The van der Waals surface area contributed by atoms with Crippen molar-refractivity contribution in [2.75, 3.05) is 11.4 Å². The van der Waals surface area contributed by atoms with Crippen LogP contribution in [0.5, 0.6) is 0 Å². The fraction of sp³-hybridized carbons (Fsp3) is 0.562. The number of benzene rings is 1. The number of hydrogen-bond donors (Lipinski definition) is 0. The molecule has 0 unspecified atom stereocenters. The summed E-state index contributed by atoms with van der Waals surface area (Å²) in [5.74, 6) is 0.165. The average Bonchev–Trinajstić information content (AvgIpc) is 2.81. The van der Waals surface area contributed by atoms with E-state index in [-0.39, 0.29) is 24.2 Å². The van der Waals surface area contributed by atoms with Gasteiger partial charge in [-0.2, -0.15) is 0 Å². The van der Waals surface area contributed by atoms with Gasteiger partial charge in [-0.3, -0.25) is 4.79 Å². The predicted molar refractivity (Wildman–Crippen MR) is 83.9 cm³/mol. The Labute approximate surface area is 126 Å². The molecule has 0 N–H and O–H groups in total. The fourth-order valence-electron chi connectivity index (χ4n) is 2.88. The highest BCUT2D eigenvalue weighted by Gasteiger charge is 2.51. The van der Waals surface area contributed by atoms with Gasteiger partial charge in [-0.1, -0.05) is 12.1 Å². The number of fused-ring (bicyclic) bond motifs is 1. The molecular formula is C16H22BNO3. The molecule has 0 radical (unpaired) electrons. The zero-order valence-corrected chi connectivity index (χ0v) is 13.4. The second-order valence-corrected chi connectivity index (χ2v) is 6.79. The molecule has 1 amide bonds. The van der Waals surface area contributed by atoms with E-state index in [1.54, 1.807) is 0 Å². The van der Waals surface area contributed by atoms with Gasteiger partial charge in [-0.05, 0) is 51.7 Å². The van der Waals surface area contributed by atoms with E-state index in [0.717, 1.165) is 16.7 Å². The van der Waals surface area contributed by atoms with Crippen LogP contribution in [0.3, 0.4) is 0 Å². The lowest BCUT2D eigenvalue weighted by Crippen LogP contribution is -2.41. The van der Waals surface area contributed by atoms with Crippen LogP contribution in [0.15, 0.2) is 18.2 Å². The van der Waals surface area contributed by atoms with Crippen molar-refractivity contribution in [1.29, 1.82) is 0 Å². The van der Waals surface area contributed by atoms with Gasteiger partial charge in [0.1, 0.15) is 0 Å². The summed E-state index contributed by atoms with van der Waals surface area (Å²) >= 11 is 0. The van der Waals surface area contributed by atoms with Crippen LogP contribution in [0.25, 0.3) is 0 Å². The van der Waals surface area contributed by atoms with Crippen molar-refractivity contribution in [3.63, 3.8) is 0 Å². The molecule has 2 heterocycles. The lowest BCUT2D eigenvalue weighted by atomic mass is 9.78. The Bertz CT molecular complexity index is 581. The Balaban J connectivity index is 1.90. The number of amides is 1. The lowest BCUT2D eigenvalue weighted by molar-refractivity contribution is -0.117. The van der Waals surface area contributed by atoms with Gasteiger partial charge in [0.15, 0.2) is 0 Å². The Hall–Kier alpha value is -1.33. The largest absolute Gasteiger partial charge is 0.494 e. The molecule has 2 aliphatic heterocycles. The lowest BCUT2D eigenvalue weighted by Gasteiger charge is -2.32. The first-order chi connectivity index (χ1) is 9.75. The third-order valence-electron chi connectivity index (χ3n) is 4.88. The minimum absolute atomic E-state index is 0.165. The summed E-state index contributed by atoms with van der Waals surface area (Å²) in [7, 11) is -0.369. The van der Waals surface area contributed by atoms with Crippen molar-refractivity contribution in [2.45, 2.75) is 52.2 Å². The van der Waals surface area contributed by atoms with Crippen LogP contribution in [0, 0.1) is 0 Å². The Morgan fingerprint density at radius 1 is 1.19 bits per heavy atom. The highest BCUT2D eigenvalue weighted by atomic mass is 16.7. The quantitative estimate of drug-likeness (QED) is 0.780. The fourth-order valence-corrected chi connectivity index (χ4v) is 2.88. The van der Waals surface area contributed by atoms with Crippen LogP contribution in [0.1, 0.15) is 40.2 Å². The molecule has 1 aromatic carbocycles. The summed E-state index contributed by atoms with van der Waals surface area (Å²) in [6.07, 6.45) is 0.469. The number of anilines is 1. The molecule has 21 heavy (non-hydrogen) atoms. The maximum atomic E-state index is 12.0. The predicted octanol–water partition coefficient (Wildman–Crippen LogP) is 1.89. The maximum absolute atomic E-state index is 12.0. The first kappa shape index (κ1) is 14.6. The van der Waals surface area contributed by atoms with E-state index in [0.29, 0.717) is 13.0 Å². The molecule has 1 fully saturated rings. The van der Waals surface area contributed by atoms with Crippen molar-refractivity contribution < 1.29 is 14.1 Å². The first-order valence-corrected chi connectivity index (χ1v) is 7.54. The van der Waals surface area contributed by atoms with Crippen molar-refractivity contribution in [2.24, 2.45) is 0 Å². The van der Waals surface area contributed by atoms with Crippen LogP contribution in [0.4, 0.5) is 5.69 Å². The number of carbonyl (C=O) groups excluding carboxylic acids is 1. The molecule has 0 atom stereocenters. The molecule has 4 nitrogen and oxygen atoms in total. The van der Waals surface area contributed by atoms with E-state index in [1.807, 2.05) is 57.7 Å². The Morgan fingerprint density at radius 3 is 2.38 bits per heavy atom. The van der Waals surface area contributed by atoms with Gasteiger partial charge in [-0.15, -0.1) is 0 Å². The molecule has 112 valence electrons. The van der Waals surface area contributed by atoms with Crippen LogP contribution in [0.2, 0.25) is 0 Å². The number of hydrogen-bond acceptors (Lipinski definition) is 3. The van der Waals surface area contributed by atoms with Gasteiger partial charge in [-0.25, -0.2) is 0 Å². The highest BCUT2D eigenvalue weighted by molar-refractivity contribution is 6.62. The molecule has 0 spiro atoms. The van der Waals surface area contributed by atoms with E-state index in [1.165, 1.54) is 0 Å². The monoisotopic (exact) mass is 287 g/mol. The van der Waals surface area contributed by atoms with Crippen molar-refractivity contribution in [3.05, 3.63) is 23.8 Å². The third kappa shape index (κ3) is 2.19. The van der Waals surface area contributed by atoms with Gasteiger partial charge in [0.05, 0.1) is 17.6 Å². The van der Waals surface area contributed by atoms with Gasteiger partial charge in [0.25, 0.3) is 0 Å². The van der Waals surface area contributed by atoms with Gasteiger partial charge >= 0.3 is 7.12 Å². The van der Waals surface area contributed by atoms with E-state index >= 15 is 0 Å². The number of rotatable bonds is 2. The van der Waals surface area contributed by atoms with Crippen LogP contribution < -0.4 is 10.4 Å². The third-order valence-corrected chi connectivity index (χ3v) is 4.88. The van der Waals surface area contributed by atoms with Crippen LogP contribution in [-0.4, -0.2) is 30.8 Å². The molecule has 3 rings (SSSR count). The van der Waals surface area contributed by atoms with Gasteiger partial charge in [0.2, 0.25) is 5.91 Å². The zero-order valence-electron chi connectivity index (χ0n) is 13.4. The second-order valence-electron chi connectivity index (χ2n) is 6.79. The minimum atomic E-state index is -0.369. The van der Waals surface area contributed by atoms with E-state index in [4.69, 9.17) is 9.31 Å². The smallest absolute Gasteiger partial charge is 0.399 e. The molecular weight excluding hydrogens is 265 g/mol. The number of carbonyl (C=O) groups is 1. The molecule has 2 aliphatic rings.